The number of halogens is 1. The normalized spacial score (nSPS) is 21.0. The van der Waals surface area contributed by atoms with Crippen molar-refractivity contribution in [3.05, 3.63) is 65.6 Å². The first-order valence-corrected chi connectivity index (χ1v) is 12.4. The Morgan fingerprint density at radius 2 is 1.89 bits per heavy atom. The van der Waals surface area contributed by atoms with Crippen LogP contribution in [-0.4, -0.2) is 40.0 Å². The van der Waals surface area contributed by atoms with Crippen molar-refractivity contribution in [3.63, 3.8) is 0 Å². The molecule has 1 fully saturated rings. The molecule has 0 unspecified atom stereocenters. The Bertz CT molecular complexity index is 1260. The van der Waals surface area contributed by atoms with Gasteiger partial charge in [0.15, 0.2) is 0 Å². The fourth-order valence-electron chi connectivity index (χ4n) is 5.49. The van der Waals surface area contributed by atoms with Crippen LogP contribution in [0.1, 0.15) is 61.5 Å². The van der Waals surface area contributed by atoms with E-state index in [2.05, 4.69) is 5.32 Å². The van der Waals surface area contributed by atoms with Crippen molar-refractivity contribution in [2.24, 2.45) is 0 Å². The number of hydrogen-bond donors (Lipinski definition) is 1. The molecular formula is C28H32FN3O3. The lowest BCUT2D eigenvalue weighted by molar-refractivity contribution is -0.134. The number of amides is 2. The van der Waals surface area contributed by atoms with Gasteiger partial charge in [-0.15, -0.1) is 0 Å². The highest BCUT2D eigenvalue weighted by molar-refractivity contribution is 6.03. The lowest BCUT2D eigenvalue weighted by atomic mass is 9.93. The standard InChI is InChI=1S/C28H32FN3O3/c1-28(27(34)30-22-10-5-3-4-6-11-22)18-31-24-16-23(35-2)13-12-20(24)15-25(31)26(33)32(28)17-19-8-7-9-21(29)14-19/h7-9,12-16,22H,3-6,10-11,17-18H2,1-2H3,(H,30,34)/t28-/m0/s1. The Hall–Kier alpha value is -3.35. The van der Waals surface area contributed by atoms with Gasteiger partial charge in [-0.1, -0.05) is 37.8 Å². The Kier molecular flexibility index (Phi) is 6.26. The Morgan fingerprint density at radius 3 is 2.60 bits per heavy atom. The molecule has 3 aromatic rings. The van der Waals surface area contributed by atoms with E-state index in [9.17, 15) is 14.0 Å². The first-order chi connectivity index (χ1) is 16.9. The van der Waals surface area contributed by atoms with Gasteiger partial charge in [0.1, 0.15) is 22.8 Å². The van der Waals surface area contributed by atoms with Gasteiger partial charge in [-0.05, 0) is 55.7 Å². The lowest BCUT2D eigenvalue weighted by Gasteiger charge is -2.44. The predicted octanol–water partition coefficient (Wildman–Crippen LogP) is 5.04. The second kappa shape index (κ2) is 9.36. The van der Waals surface area contributed by atoms with Gasteiger partial charge in [-0.3, -0.25) is 9.59 Å². The molecule has 1 aliphatic carbocycles. The summed E-state index contributed by atoms with van der Waals surface area (Å²) < 4.78 is 21.3. The van der Waals surface area contributed by atoms with Crippen molar-refractivity contribution in [3.8, 4) is 5.75 Å². The summed E-state index contributed by atoms with van der Waals surface area (Å²) in [5.41, 5.74) is 0.881. The molecule has 1 aliphatic heterocycles. The Balaban J connectivity index is 1.56. The minimum Gasteiger partial charge on any atom is -0.497 e. The van der Waals surface area contributed by atoms with Crippen LogP contribution in [-0.2, 0) is 17.9 Å². The molecule has 184 valence electrons. The van der Waals surface area contributed by atoms with Crippen LogP contribution in [0.15, 0.2) is 48.5 Å². The smallest absolute Gasteiger partial charge is 0.271 e. The third kappa shape index (κ3) is 4.40. The first kappa shape index (κ1) is 23.4. The number of aromatic nitrogens is 1. The van der Waals surface area contributed by atoms with Gasteiger partial charge in [-0.25, -0.2) is 4.39 Å². The fourth-order valence-corrected chi connectivity index (χ4v) is 5.49. The van der Waals surface area contributed by atoms with Crippen molar-refractivity contribution < 1.29 is 18.7 Å². The topological polar surface area (TPSA) is 63.6 Å². The van der Waals surface area contributed by atoms with Crippen molar-refractivity contribution in [1.29, 1.82) is 0 Å². The fraction of sp³-hybridized carbons (Fsp3) is 0.429. The predicted molar refractivity (Wildman–Crippen MR) is 133 cm³/mol. The number of nitrogens with one attached hydrogen (secondary N) is 1. The zero-order valence-electron chi connectivity index (χ0n) is 20.4. The molecular weight excluding hydrogens is 445 g/mol. The summed E-state index contributed by atoms with van der Waals surface area (Å²) in [7, 11) is 1.61. The van der Waals surface area contributed by atoms with Crippen LogP contribution < -0.4 is 10.1 Å². The third-order valence-corrected chi connectivity index (χ3v) is 7.55. The van der Waals surface area contributed by atoms with E-state index in [0.717, 1.165) is 36.6 Å². The van der Waals surface area contributed by atoms with Crippen molar-refractivity contribution >= 4 is 22.7 Å². The molecule has 0 saturated heterocycles. The summed E-state index contributed by atoms with van der Waals surface area (Å²) in [6, 6.07) is 13.9. The molecule has 5 rings (SSSR count). The van der Waals surface area contributed by atoms with E-state index in [1.807, 2.05) is 35.8 Å². The molecule has 1 saturated carbocycles. The zero-order valence-corrected chi connectivity index (χ0v) is 20.4. The minimum absolute atomic E-state index is 0.107. The van der Waals surface area contributed by atoms with Crippen LogP contribution in [0.5, 0.6) is 5.75 Å². The summed E-state index contributed by atoms with van der Waals surface area (Å²) in [4.78, 5) is 29.4. The number of carbonyl (C=O) groups excluding carboxylic acids is 2. The van der Waals surface area contributed by atoms with E-state index in [-0.39, 0.29) is 30.2 Å². The number of ether oxygens (including phenoxy) is 1. The van der Waals surface area contributed by atoms with Gasteiger partial charge in [-0.2, -0.15) is 0 Å². The van der Waals surface area contributed by atoms with Crippen LogP contribution in [0.3, 0.4) is 0 Å². The van der Waals surface area contributed by atoms with Crippen molar-refractivity contribution in [2.75, 3.05) is 7.11 Å². The highest BCUT2D eigenvalue weighted by Crippen LogP contribution is 2.35. The summed E-state index contributed by atoms with van der Waals surface area (Å²) in [5.74, 6) is -0.0748. The van der Waals surface area contributed by atoms with Gasteiger partial charge in [0.05, 0.1) is 19.2 Å². The van der Waals surface area contributed by atoms with E-state index in [1.165, 1.54) is 25.0 Å². The maximum Gasteiger partial charge on any atom is 0.271 e. The second-order valence-electron chi connectivity index (χ2n) is 10.00. The molecule has 2 aliphatic rings. The molecule has 7 heteroatoms. The molecule has 35 heavy (non-hydrogen) atoms. The summed E-state index contributed by atoms with van der Waals surface area (Å²) in [6.07, 6.45) is 6.48. The van der Waals surface area contributed by atoms with Crippen molar-refractivity contribution in [1.82, 2.24) is 14.8 Å². The first-order valence-electron chi connectivity index (χ1n) is 12.4. The highest BCUT2D eigenvalue weighted by atomic mass is 19.1. The molecule has 0 spiro atoms. The quantitative estimate of drug-likeness (QED) is 0.524. The number of rotatable bonds is 5. The number of benzene rings is 2. The highest BCUT2D eigenvalue weighted by Gasteiger charge is 2.48. The molecule has 0 bridgehead atoms. The van der Waals surface area contributed by atoms with Crippen LogP contribution in [0.25, 0.3) is 10.9 Å². The van der Waals surface area contributed by atoms with E-state index in [4.69, 9.17) is 4.74 Å². The van der Waals surface area contributed by atoms with E-state index < -0.39 is 5.54 Å². The minimum atomic E-state index is -1.14. The van der Waals surface area contributed by atoms with E-state index in [1.54, 1.807) is 24.1 Å². The molecule has 1 N–H and O–H groups in total. The van der Waals surface area contributed by atoms with Gasteiger partial charge in [0.2, 0.25) is 5.91 Å². The van der Waals surface area contributed by atoms with Crippen LogP contribution in [0.4, 0.5) is 4.39 Å². The largest absolute Gasteiger partial charge is 0.497 e. The molecule has 0 radical (unpaired) electrons. The average Bonchev–Trinajstić information content (AvgIpc) is 3.01. The molecule has 1 aromatic heterocycles. The van der Waals surface area contributed by atoms with Crippen molar-refractivity contribution in [2.45, 2.75) is 70.1 Å². The number of hydrogen-bond acceptors (Lipinski definition) is 3. The Labute approximate surface area is 205 Å². The van der Waals surface area contributed by atoms with Crippen LogP contribution in [0, 0.1) is 5.82 Å². The third-order valence-electron chi connectivity index (χ3n) is 7.55. The second-order valence-corrected chi connectivity index (χ2v) is 10.00. The molecule has 2 heterocycles. The summed E-state index contributed by atoms with van der Waals surface area (Å²) in [5, 5.41) is 4.18. The molecule has 2 aromatic carbocycles. The average molecular weight is 478 g/mol. The van der Waals surface area contributed by atoms with Gasteiger partial charge in [0, 0.05) is 24.0 Å². The Morgan fingerprint density at radius 1 is 1.11 bits per heavy atom. The maximum absolute atomic E-state index is 14.0. The number of carbonyl (C=O) groups is 2. The van der Waals surface area contributed by atoms with Gasteiger partial charge < -0.3 is 19.5 Å². The lowest BCUT2D eigenvalue weighted by Crippen LogP contribution is -2.64. The number of nitrogens with zero attached hydrogens (tertiary/aromatic N) is 2. The zero-order chi connectivity index (χ0) is 24.6. The summed E-state index contributed by atoms with van der Waals surface area (Å²) in [6.45, 7) is 2.28. The number of fused-ring (bicyclic) bond motifs is 3. The maximum atomic E-state index is 14.0. The van der Waals surface area contributed by atoms with Gasteiger partial charge >= 0.3 is 0 Å². The summed E-state index contributed by atoms with van der Waals surface area (Å²) >= 11 is 0. The van der Waals surface area contributed by atoms with E-state index >= 15 is 0 Å². The van der Waals surface area contributed by atoms with Gasteiger partial charge in [0.25, 0.3) is 5.91 Å². The molecule has 2 amide bonds. The van der Waals surface area contributed by atoms with Crippen LogP contribution >= 0.6 is 0 Å². The van der Waals surface area contributed by atoms with E-state index in [0.29, 0.717) is 23.6 Å². The molecule has 1 atom stereocenters. The molecule has 6 nitrogen and oxygen atoms in total. The monoisotopic (exact) mass is 477 g/mol. The SMILES string of the molecule is COc1ccc2cc3n(c2c1)C[C@@](C)(C(=O)NC1CCCCCC1)N(Cc1cccc(F)c1)C3=O. The number of methoxy groups -OCH3 is 1. The van der Waals surface area contributed by atoms with Crippen LogP contribution in [0.2, 0.25) is 0 Å².